The zero-order valence-electron chi connectivity index (χ0n) is 13.3. The molecule has 0 atom stereocenters. The zero-order valence-corrected chi connectivity index (χ0v) is 13.3. The molecular weight excluding hydrogens is 262 g/mol. The lowest BCUT2D eigenvalue weighted by atomic mass is 9.87. The lowest BCUT2D eigenvalue weighted by Crippen LogP contribution is -2.10. The molecule has 0 fully saturated rings. The Morgan fingerprint density at radius 1 is 1.00 bits per heavy atom. The molecule has 0 aliphatic carbocycles. The van der Waals surface area contributed by atoms with Gasteiger partial charge in [0, 0.05) is 25.8 Å². The Hall–Kier alpha value is -2.16. The lowest BCUT2D eigenvalue weighted by molar-refractivity contribution is 0.409. The molecule has 2 aromatic carbocycles. The van der Waals surface area contributed by atoms with Crippen LogP contribution in [0.5, 0.6) is 17.2 Å². The average molecular weight is 285 g/mol. The number of phenols is 1. The van der Waals surface area contributed by atoms with E-state index < -0.39 is 0 Å². The van der Waals surface area contributed by atoms with Crippen molar-refractivity contribution in [3.8, 4) is 17.2 Å². The molecule has 1 N–H and O–H groups in total. The van der Waals surface area contributed by atoms with Crippen LogP contribution in [0.2, 0.25) is 0 Å². The Morgan fingerprint density at radius 2 is 1.71 bits per heavy atom. The summed E-state index contributed by atoms with van der Waals surface area (Å²) in [6.45, 7) is 6.34. The second kappa shape index (κ2) is 5.68. The molecule has 0 aromatic heterocycles. The number of anilines is 1. The van der Waals surface area contributed by atoms with E-state index in [9.17, 15) is 5.11 Å². The van der Waals surface area contributed by atoms with Gasteiger partial charge in [0.1, 0.15) is 5.75 Å². The van der Waals surface area contributed by atoms with E-state index in [-0.39, 0.29) is 11.2 Å². The first-order valence-corrected chi connectivity index (χ1v) is 7.06. The molecule has 0 aliphatic heterocycles. The highest BCUT2D eigenvalue weighted by atomic mass is 16.5. The first-order chi connectivity index (χ1) is 9.77. The van der Waals surface area contributed by atoms with Crippen LogP contribution in [0.25, 0.3) is 0 Å². The number of ether oxygens (including phenoxy) is 1. The van der Waals surface area contributed by atoms with Crippen molar-refractivity contribution >= 4 is 5.69 Å². The predicted molar refractivity (Wildman–Crippen MR) is 87.6 cm³/mol. The molecule has 0 saturated carbocycles. The number of hydrogen-bond acceptors (Lipinski definition) is 3. The van der Waals surface area contributed by atoms with Crippen LogP contribution in [-0.4, -0.2) is 19.2 Å². The van der Waals surface area contributed by atoms with Crippen molar-refractivity contribution in [3.05, 3.63) is 48.0 Å². The predicted octanol–water partition coefficient (Wildman–Crippen LogP) is 4.55. The summed E-state index contributed by atoms with van der Waals surface area (Å²) >= 11 is 0. The normalized spacial score (nSPS) is 11.3. The topological polar surface area (TPSA) is 32.7 Å². The SMILES string of the molecule is CN(C)c1cccc(Oc2ccc(C(C)(C)C)cc2O)c1. The van der Waals surface area contributed by atoms with Crippen molar-refractivity contribution in [2.45, 2.75) is 26.2 Å². The van der Waals surface area contributed by atoms with Crippen molar-refractivity contribution in [1.29, 1.82) is 0 Å². The molecule has 3 nitrogen and oxygen atoms in total. The molecule has 0 amide bonds. The molecule has 0 radical (unpaired) electrons. The molecule has 3 heteroatoms. The van der Waals surface area contributed by atoms with Crippen LogP contribution in [0.3, 0.4) is 0 Å². The van der Waals surface area contributed by atoms with Gasteiger partial charge in [-0.15, -0.1) is 0 Å². The maximum Gasteiger partial charge on any atom is 0.169 e. The van der Waals surface area contributed by atoms with Crippen LogP contribution in [0.4, 0.5) is 5.69 Å². The van der Waals surface area contributed by atoms with Crippen molar-refractivity contribution in [1.82, 2.24) is 0 Å². The van der Waals surface area contributed by atoms with Gasteiger partial charge in [-0.1, -0.05) is 32.9 Å². The first-order valence-electron chi connectivity index (χ1n) is 7.06. The minimum Gasteiger partial charge on any atom is -0.504 e. The summed E-state index contributed by atoms with van der Waals surface area (Å²) in [6.07, 6.45) is 0. The minimum atomic E-state index is 0.000842. The Morgan fingerprint density at radius 3 is 2.29 bits per heavy atom. The standard InChI is InChI=1S/C18H23NO2/c1-18(2,3)13-9-10-17(16(20)11-13)21-15-8-6-7-14(12-15)19(4)5/h6-12,20H,1-5H3. The summed E-state index contributed by atoms with van der Waals surface area (Å²) in [5, 5.41) is 10.2. The van der Waals surface area contributed by atoms with Crippen LogP contribution in [-0.2, 0) is 5.41 Å². The molecule has 0 unspecified atom stereocenters. The van der Waals surface area contributed by atoms with Gasteiger partial charge in [0.25, 0.3) is 0 Å². The Labute approximate surface area is 126 Å². The maximum atomic E-state index is 10.2. The third-order valence-electron chi connectivity index (χ3n) is 3.39. The van der Waals surface area contributed by atoms with Gasteiger partial charge in [-0.2, -0.15) is 0 Å². The fourth-order valence-electron chi connectivity index (χ4n) is 2.02. The third-order valence-corrected chi connectivity index (χ3v) is 3.39. The molecular formula is C18H23NO2. The monoisotopic (exact) mass is 285 g/mol. The molecule has 2 aromatic rings. The number of phenolic OH excluding ortho intramolecular Hbond substituents is 1. The van der Waals surface area contributed by atoms with Crippen molar-refractivity contribution in [2.24, 2.45) is 0 Å². The van der Waals surface area contributed by atoms with Crippen LogP contribution in [0.15, 0.2) is 42.5 Å². The average Bonchev–Trinajstić information content (AvgIpc) is 2.40. The van der Waals surface area contributed by atoms with Crippen LogP contribution in [0.1, 0.15) is 26.3 Å². The van der Waals surface area contributed by atoms with E-state index in [4.69, 9.17) is 4.74 Å². The molecule has 0 bridgehead atoms. The van der Waals surface area contributed by atoms with Gasteiger partial charge in [0.15, 0.2) is 11.5 Å². The summed E-state index contributed by atoms with van der Waals surface area (Å²) in [5.41, 5.74) is 2.13. The highest BCUT2D eigenvalue weighted by Gasteiger charge is 2.16. The van der Waals surface area contributed by atoms with Gasteiger partial charge in [0.2, 0.25) is 0 Å². The lowest BCUT2D eigenvalue weighted by Gasteiger charge is -2.20. The quantitative estimate of drug-likeness (QED) is 0.898. The van der Waals surface area contributed by atoms with Crippen LogP contribution >= 0.6 is 0 Å². The summed E-state index contributed by atoms with van der Waals surface area (Å²) in [6, 6.07) is 13.3. The minimum absolute atomic E-state index is 0.000842. The Bertz CT molecular complexity index is 627. The van der Waals surface area contributed by atoms with E-state index in [2.05, 4.69) is 20.8 Å². The van der Waals surface area contributed by atoms with Gasteiger partial charge in [-0.3, -0.25) is 0 Å². The van der Waals surface area contributed by atoms with Gasteiger partial charge >= 0.3 is 0 Å². The Balaban J connectivity index is 2.26. The van der Waals surface area contributed by atoms with Gasteiger partial charge < -0.3 is 14.7 Å². The van der Waals surface area contributed by atoms with Crippen LogP contribution in [0, 0.1) is 0 Å². The van der Waals surface area contributed by atoms with Crippen molar-refractivity contribution in [2.75, 3.05) is 19.0 Å². The first kappa shape index (κ1) is 15.2. The number of nitrogens with zero attached hydrogens (tertiary/aromatic N) is 1. The van der Waals surface area contributed by atoms with Crippen molar-refractivity contribution in [3.63, 3.8) is 0 Å². The molecule has 2 rings (SSSR count). The van der Waals surface area contributed by atoms with E-state index >= 15 is 0 Å². The molecule has 112 valence electrons. The highest BCUT2D eigenvalue weighted by molar-refractivity contribution is 5.52. The zero-order chi connectivity index (χ0) is 15.6. The fraction of sp³-hybridized carbons (Fsp3) is 0.333. The molecule has 21 heavy (non-hydrogen) atoms. The smallest absolute Gasteiger partial charge is 0.169 e. The maximum absolute atomic E-state index is 10.2. The molecule has 0 saturated heterocycles. The third kappa shape index (κ3) is 3.69. The van der Waals surface area contributed by atoms with E-state index in [0.29, 0.717) is 11.5 Å². The second-order valence-corrected chi connectivity index (χ2v) is 6.43. The summed E-state index contributed by atoms with van der Waals surface area (Å²) in [4.78, 5) is 2.01. The largest absolute Gasteiger partial charge is 0.504 e. The molecule has 0 spiro atoms. The summed E-state index contributed by atoms with van der Waals surface area (Å²) < 4.78 is 5.79. The van der Waals surface area contributed by atoms with Gasteiger partial charge in [-0.25, -0.2) is 0 Å². The van der Waals surface area contributed by atoms with E-state index in [1.54, 1.807) is 6.07 Å². The van der Waals surface area contributed by atoms with E-state index in [0.717, 1.165) is 11.3 Å². The van der Waals surface area contributed by atoms with E-state index in [1.807, 2.05) is 55.4 Å². The number of benzene rings is 2. The second-order valence-electron chi connectivity index (χ2n) is 6.43. The molecule has 0 aliphatic rings. The summed E-state index contributed by atoms with van der Waals surface area (Å²) in [7, 11) is 3.96. The Kier molecular flexibility index (Phi) is 4.12. The highest BCUT2D eigenvalue weighted by Crippen LogP contribution is 2.35. The van der Waals surface area contributed by atoms with E-state index in [1.165, 1.54) is 0 Å². The van der Waals surface area contributed by atoms with Crippen LogP contribution < -0.4 is 9.64 Å². The number of rotatable bonds is 3. The number of hydrogen-bond donors (Lipinski definition) is 1. The number of aromatic hydroxyl groups is 1. The van der Waals surface area contributed by atoms with Gasteiger partial charge in [-0.05, 0) is 35.2 Å². The fourth-order valence-corrected chi connectivity index (χ4v) is 2.02. The summed E-state index contributed by atoms with van der Waals surface area (Å²) in [5.74, 6) is 1.34. The van der Waals surface area contributed by atoms with Gasteiger partial charge in [0.05, 0.1) is 0 Å². The van der Waals surface area contributed by atoms with Crippen molar-refractivity contribution < 1.29 is 9.84 Å². The molecule has 0 heterocycles.